The van der Waals surface area contributed by atoms with Crippen molar-refractivity contribution in [2.45, 2.75) is 58.3 Å². The first-order valence-electron chi connectivity index (χ1n) is 9.04. The maximum Gasteiger partial charge on any atom is 0.176 e. The van der Waals surface area contributed by atoms with Crippen molar-refractivity contribution in [2.75, 3.05) is 27.2 Å². The van der Waals surface area contributed by atoms with Gasteiger partial charge in [0.05, 0.1) is 13.2 Å². The molecule has 0 heterocycles. The molecular weight excluding hydrogens is 286 g/mol. The molecule has 0 aliphatic carbocycles. The number of ketones is 1. The van der Waals surface area contributed by atoms with E-state index in [1.165, 1.54) is 44.9 Å². The van der Waals surface area contributed by atoms with Crippen molar-refractivity contribution in [3.63, 3.8) is 0 Å². The fourth-order valence-corrected chi connectivity index (χ4v) is 2.54. The Kier molecular flexibility index (Phi) is 10.4. The van der Waals surface area contributed by atoms with Gasteiger partial charge in [-0.1, -0.05) is 51.9 Å². The Bertz CT molecular complexity index is 426. The third-order valence-electron chi connectivity index (χ3n) is 3.90. The summed E-state index contributed by atoms with van der Waals surface area (Å²) in [6.45, 7) is 3.46. The molecule has 130 valence electrons. The van der Waals surface area contributed by atoms with Crippen molar-refractivity contribution in [3.8, 4) is 5.75 Å². The summed E-state index contributed by atoms with van der Waals surface area (Å²) in [4.78, 5) is 13.8. The van der Waals surface area contributed by atoms with Crippen LogP contribution in [0.3, 0.4) is 0 Å². The summed E-state index contributed by atoms with van der Waals surface area (Å²) in [5.74, 6) is 0.999. The Morgan fingerprint density at radius 1 is 0.913 bits per heavy atom. The number of likely N-dealkylation sites (N-methyl/N-ethyl adjacent to an activating group) is 1. The largest absolute Gasteiger partial charge is 0.494 e. The van der Waals surface area contributed by atoms with Gasteiger partial charge in [0.2, 0.25) is 0 Å². The average molecular weight is 319 g/mol. The zero-order valence-corrected chi connectivity index (χ0v) is 15.1. The topological polar surface area (TPSA) is 29.5 Å². The van der Waals surface area contributed by atoms with Crippen LogP contribution in [-0.2, 0) is 0 Å². The summed E-state index contributed by atoms with van der Waals surface area (Å²) in [7, 11) is 3.80. The monoisotopic (exact) mass is 319 g/mol. The Morgan fingerprint density at radius 3 is 2.04 bits per heavy atom. The van der Waals surface area contributed by atoms with Gasteiger partial charge < -0.3 is 9.64 Å². The van der Waals surface area contributed by atoms with E-state index >= 15 is 0 Å². The maximum absolute atomic E-state index is 11.9. The third kappa shape index (κ3) is 9.39. The molecule has 0 fully saturated rings. The first-order valence-corrected chi connectivity index (χ1v) is 9.04. The molecule has 0 aliphatic heterocycles. The molecular formula is C20H33NO2. The number of hydrogen-bond acceptors (Lipinski definition) is 3. The van der Waals surface area contributed by atoms with E-state index in [9.17, 15) is 4.79 Å². The summed E-state index contributed by atoms with van der Waals surface area (Å²) >= 11 is 0. The summed E-state index contributed by atoms with van der Waals surface area (Å²) in [5.41, 5.74) is 0.748. The normalized spacial score (nSPS) is 11.0. The average Bonchev–Trinajstić information content (AvgIpc) is 2.53. The van der Waals surface area contributed by atoms with Crippen LogP contribution < -0.4 is 4.74 Å². The second-order valence-electron chi connectivity index (χ2n) is 6.51. The van der Waals surface area contributed by atoms with Crippen LogP contribution >= 0.6 is 0 Å². The SMILES string of the molecule is CCCCCCCCCCOc1ccc(C(=O)CN(C)C)cc1. The van der Waals surface area contributed by atoms with Crippen LogP contribution in [0.4, 0.5) is 0 Å². The molecule has 0 saturated carbocycles. The molecule has 3 heteroatoms. The smallest absolute Gasteiger partial charge is 0.176 e. The molecule has 0 unspecified atom stereocenters. The second-order valence-corrected chi connectivity index (χ2v) is 6.51. The number of hydrogen-bond donors (Lipinski definition) is 0. The van der Waals surface area contributed by atoms with Gasteiger partial charge in [0, 0.05) is 5.56 Å². The molecule has 3 nitrogen and oxygen atoms in total. The predicted octanol–water partition coefficient (Wildman–Crippen LogP) is 4.95. The molecule has 1 aromatic rings. The highest BCUT2D eigenvalue weighted by Gasteiger charge is 2.06. The van der Waals surface area contributed by atoms with Crippen LogP contribution in [0.1, 0.15) is 68.6 Å². The Balaban J connectivity index is 2.12. The van der Waals surface area contributed by atoms with E-state index in [0.29, 0.717) is 6.54 Å². The third-order valence-corrected chi connectivity index (χ3v) is 3.90. The van der Waals surface area contributed by atoms with Crippen molar-refractivity contribution < 1.29 is 9.53 Å². The minimum Gasteiger partial charge on any atom is -0.494 e. The van der Waals surface area contributed by atoms with E-state index in [4.69, 9.17) is 4.74 Å². The number of Topliss-reactive ketones (excluding diaryl/α,β-unsaturated/α-hetero) is 1. The summed E-state index contributed by atoms with van der Waals surface area (Å²) in [5, 5.41) is 0. The van der Waals surface area contributed by atoms with Crippen LogP contribution in [0.2, 0.25) is 0 Å². The van der Waals surface area contributed by atoms with Crippen molar-refractivity contribution in [1.82, 2.24) is 4.90 Å². The molecule has 1 rings (SSSR count). The molecule has 0 saturated heterocycles. The molecule has 0 bridgehead atoms. The molecule has 0 aliphatic rings. The van der Waals surface area contributed by atoms with E-state index in [-0.39, 0.29) is 5.78 Å². The van der Waals surface area contributed by atoms with Crippen LogP contribution in [0.15, 0.2) is 24.3 Å². The first-order chi connectivity index (χ1) is 11.1. The lowest BCUT2D eigenvalue weighted by Crippen LogP contribution is -2.21. The first kappa shape index (κ1) is 19.7. The number of ether oxygens (including phenoxy) is 1. The minimum atomic E-state index is 0.143. The Morgan fingerprint density at radius 2 is 1.48 bits per heavy atom. The van der Waals surface area contributed by atoms with E-state index < -0.39 is 0 Å². The van der Waals surface area contributed by atoms with Crippen LogP contribution in [-0.4, -0.2) is 37.9 Å². The van der Waals surface area contributed by atoms with E-state index in [2.05, 4.69) is 6.92 Å². The van der Waals surface area contributed by atoms with Gasteiger partial charge in [0.25, 0.3) is 0 Å². The van der Waals surface area contributed by atoms with E-state index in [1.54, 1.807) is 0 Å². The van der Waals surface area contributed by atoms with Gasteiger partial charge in [-0.25, -0.2) is 0 Å². The van der Waals surface area contributed by atoms with Crippen molar-refractivity contribution >= 4 is 5.78 Å². The van der Waals surface area contributed by atoms with Crippen molar-refractivity contribution in [1.29, 1.82) is 0 Å². The summed E-state index contributed by atoms with van der Waals surface area (Å²) < 4.78 is 5.75. The number of benzene rings is 1. The number of unbranched alkanes of at least 4 members (excludes halogenated alkanes) is 7. The van der Waals surface area contributed by atoms with Gasteiger partial charge in [0.1, 0.15) is 5.75 Å². The lowest BCUT2D eigenvalue weighted by Gasteiger charge is -2.09. The van der Waals surface area contributed by atoms with Crippen molar-refractivity contribution in [3.05, 3.63) is 29.8 Å². The maximum atomic E-state index is 11.9. The number of carbonyl (C=O) groups excluding carboxylic acids is 1. The summed E-state index contributed by atoms with van der Waals surface area (Å²) in [6.07, 6.45) is 10.4. The Labute approximate surface area is 142 Å². The highest BCUT2D eigenvalue weighted by Crippen LogP contribution is 2.14. The molecule has 0 spiro atoms. The predicted molar refractivity (Wildman–Crippen MR) is 97.4 cm³/mol. The van der Waals surface area contributed by atoms with Gasteiger partial charge in [0.15, 0.2) is 5.78 Å². The van der Waals surface area contributed by atoms with Gasteiger partial charge in [-0.15, -0.1) is 0 Å². The molecule has 1 aromatic carbocycles. The highest BCUT2D eigenvalue weighted by molar-refractivity contribution is 5.97. The number of nitrogens with zero attached hydrogens (tertiary/aromatic N) is 1. The minimum absolute atomic E-state index is 0.143. The molecule has 0 amide bonds. The number of carbonyl (C=O) groups is 1. The van der Waals surface area contributed by atoms with Crippen molar-refractivity contribution in [2.24, 2.45) is 0 Å². The molecule has 23 heavy (non-hydrogen) atoms. The zero-order valence-electron chi connectivity index (χ0n) is 15.1. The van der Waals surface area contributed by atoms with Crippen LogP contribution in [0, 0.1) is 0 Å². The van der Waals surface area contributed by atoms with Gasteiger partial charge in [-0.05, 0) is 44.8 Å². The molecule has 0 aromatic heterocycles. The zero-order chi connectivity index (χ0) is 16.9. The lowest BCUT2D eigenvalue weighted by atomic mass is 10.1. The Hall–Kier alpha value is -1.35. The quantitative estimate of drug-likeness (QED) is 0.380. The fourth-order valence-electron chi connectivity index (χ4n) is 2.54. The second kappa shape index (κ2) is 12.1. The molecule has 0 N–H and O–H groups in total. The van der Waals surface area contributed by atoms with Crippen LogP contribution in [0.25, 0.3) is 0 Å². The lowest BCUT2D eigenvalue weighted by molar-refractivity contribution is 0.0958. The summed E-state index contributed by atoms with van der Waals surface area (Å²) in [6, 6.07) is 7.51. The fraction of sp³-hybridized carbons (Fsp3) is 0.650. The van der Waals surface area contributed by atoms with Gasteiger partial charge in [-0.2, -0.15) is 0 Å². The molecule has 0 radical (unpaired) electrons. The van der Waals surface area contributed by atoms with E-state index in [1.807, 2.05) is 43.3 Å². The van der Waals surface area contributed by atoms with Gasteiger partial charge in [-0.3, -0.25) is 4.79 Å². The molecule has 0 atom stereocenters. The highest BCUT2D eigenvalue weighted by atomic mass is 16.5. The number of rotatable bonds is 13. The van der Waals surface area contributed by atoms with E-state index in [0.717, 1.165) is 24.3 Å². The standard InChI is InChI=1S/C20H33NO2/c1-4-5-6-7-8-9-10-11-16-23-19-14-12-18(13-15-19)20(22)17-21(2)3/h12-15H,4-11,16-17H2,1-3H3. The van der Waals surface area contributed by atoms with Gasteiger partial charge >= 0.3 is 0 Å². The van der Waals surface area contributed by atoms with Crippen LogP contribution in [0.5, 0.6) is 5.75 Å².